The lowest BCUT2D eigenvalue weighted by Gasteiger charge is -2.30. The molecule has 4 aromatic rings. The van der Waals surface area contributed by atoms with Gasteiger partial charge in [-0.05, 0) is 78.9 Å². The van der Waals surface area contributed by atoms with E-state index >= 15 is 0 Å². The Labute approximate surface area is 275 Å². The van der Waals surface area contributed by atoms with Gasteiger partial charge in [-0.25, -0.2) is 13.6 Å². The lowest BCUT2D eigenvalue weighted by molar-refractivity contribution is -0.140. The molecule has 2 aliphatic carbocycles. The number of carboxylic acids is 1. The van der Waals surface area contributed by atoms with Gasteiger partial charge in [-0.1, -0.05) is 16.9 Å². The Morgan fingerprint density at radius 1 is 1.00 bits per heavy atom. The van der Waals surface area contributed by atoms with E-state index in [1.807, 2.05) is 0 Å². The third-order valence-electron chi connectivity index (χ3n) is 8.94. The normalized spacial score (nSPS) is 20.8. The van der Waals surface area contributed by atoms with Crippen LogP contribution in [0.1, 0.15) is 44.8 Å². The zero-order valence-corrected chi connectivity index (χ0v) is 25.9. The van der Waals surface area contributed by atoms with Crippen molar-refractivity contribution in [3.8, 4) is 16.9 Å². The molecule has 3 aromatic carbocycles. The fraction of sp³-hybridized carbons (Fsp3) is 0.265. The number of hydrogen-bond donors (Lipinski definition) is 3. The number of carbonyl (C=O) groups is 3. The van der Waals surface area contributed by atoms with Gasteiger partial charge in [0.05, 0.1) is 35.9 Å². The van der Waals surface area contributed by atoms with Crippen molar-refractivity contribution in [2.75, 3.05) is 12.4 Å². The van der Waals surface area contributed by atoms with Gasteiger partial charge in [0.15, 0.2) is 0 Å². The number of carbonyl (C=O) groups excluding carboxylic acids is 2. The molecule has 2 amide bonds. The lowest BCUT2D eigenvalue weighted by atomic mass is 9.83. The van der Waals surface area contributed by atoms with Crippen LogP contribution < -0.4 is 15.4 Å². The summed E-state index contributed by atoms with van der Waals surface area (Å²) < 4.78 is 76.0. The van der Waals surface area contributed by atoms with Crippen molar-refractivity contribution < 1.29 is 46.2 Å². The Kier molecular flexibility index (Phi) is 8.69. The maximum atomic E-state index is 14.8. The van der Waals surface area contributed by atoms with Crippen LogP contribution in [0.5, 0.6) is 5.75 Å². The number of methoxy groups -OCH3 is 1. The van der Waals surface area contributed by atoms with Crippen LogP contribution in [0.2, 0.25) is 0 Å². The largest absolute Gasteiger partial charge is 0.496 e. The molecule has 1 heterocycles. The van der Waals surface area contributed by atoms with Crippen molar-refractivity contribution in [2.24, 2.45) is 24.8 Å². The van der Waals surface area contributed by atoms with Crippen LogP contribution in [0.15, 0.2) is 66.4 Å². The van der Waals surface area contributed by atoms with Crippen LogP contribution >= 0.6 is 0 Å². The molecule has 3 N–H and O–H groups in total. The molecule has 2 bridgehead atoms. The molecule has 0 radical (unpaired) electrons. The van der Waals surface area contributed by atoms with Gasteiger partial charge in [-0.2, -0.15) is 13.2 Å². The number of benzene rings is 3. The number of amides is 2. The lowest BCUT2D eigenvalue weighted by Crippen LogP contribution is -2.48. The molecule has 3 unspecified atom stereocenters. The predicted molar refractivity (Wildman–Crippen MR) is 165 cm³/mol. The Morgan fingerprint density at radius 3 is 2.41 bits per heavy atom. The van der Waals surface area contributed by atoms with Gasteiger partial charge in [-0.15, -0.1) is 5.10 Å². The summed E-state index contributed by atoms with van der Waals surface area (Å²) in [7, 11) is 3.01. The van der Waals surface area contributed by atoms with Gasteiger partial charge < -0.3 is 20.5 Å². The van der Waals surface area contributed by atoms with Gasteiger partial charge in [0.2, 0.25) is 5.91 Å². The SMILES string of the molecule is COc1ccc(-c2cc(C(=O)O)ccc2F)cc1C(=O)NC1C2CCC(/C2=C/c2cn(C)nn2)[C@@H]1C(=O)Nc1ccc(F)c(C(F)(F)F)c1. The van der Waals surface area contributed by atoms with Gasteiger partial charge in [-0.3, -0.25) is 14.3 Å². The highest BCUT2D eigenvalue weighted by molar-refractivity contribution is 6.00. The van der Waals surface area contributed by atoms with Gasteiger partial charge >= 0.3 is 12.1 Å². The molecule has 10 nitrogen and oxygen atoms in total. The van der Waals surface area contributed by atoms with E-state index in [2.05, 4.69) is 20.9 Å². The van der Waals surface area contributed by atoms with Crippen molar-refractivity contribution in [2.45, 2.75) is 25.1 Å². The second-order valence-electron chi connectivity index (χ2n) is 11.9. The molecule has 2 fully saturated rings. The van der Waals surface area contributed by atoms with Crippen molar-refractivity contribution >= 4 is 29.5 Å². The Morgan fingerprint density at radius 2 is 1.73 bits per heavy atom. The van der Waals surface area contributed by atoms with Crippen molar-refractivity contribution in [3.05, 3.63) is 100 Å². The summed E-state index contributed by atoms with van der Waals surface area (Å²) in [4.78, 5) is 39.3. The summed E-state index contributed by atoms with van der Waals surface area (Å²) in [6.07, 6.45) is -0.437. The molecule has 6 rings (SSSR count). The number of rotatable bonds is 8. The molecule has 15 heteroatoms. The molecule has 254 valence electrons. The molecule has 4 atom stereocenters. The number of nitrogens with one attached hydrogen (secondary N) is 2. The molecule has 49 heavy (non-hydrogen) atoms. The monoisotopic (exact) mass is 681 g/mol. The molecule has 0 aliphatic heterocycles. The number of ether oxygens (including phenoxy) is 1. The number of hydrogen-bond acceptors (Lipinski definition) is 6. The van der Waals surface area contributed by atoms with E-state index < -0.39 is 59.0 Å². The first kappa shape index (κ1) is 33.3. The molecule has 2 aliphatic rings. The van der Waals surface area contributed by atoms with E-state index in [4.69, 9.17) is 4.74 Å². The summed E-state index contributed by atoms with van der Waals surface area (Å²) in [5, 5.41) is 22.8. The van der Waals surface area contributed by atoms with E-state index in [0.29, 0.717) is 30.7 Å². The minimum absolute atomic E-state index is 0.0325. The third kappa shape index (κ3) is 6.47. The van der Waals surface area contributed by atoms with Crippen LogP contribution in [0.3, 0.4) is 0 Å². The van der Waals surface area contributed by atoms with Crippen LogP contribution in [0, 0.1) is 29.4 Å². The Balaban J connectivity index is 1.36. The van der Waals surface area contributed by atoms with E-state index in [0.717, 1.165) is 29.8 Å². The standard InChI is InChI=1S/C34H28F5N5O5/c1-44-15-19(42-43-44)13-23-20-6-7-21(23)30(29(20)32(46)40-18-5-9-27(36)25(14-18)34(37,38)39)41-31(45)24-11-16(4-10-28(24)49-2)22-12-17(33(47)48)3-8-26(22)35/h3-5,8-15,20-21,29-30H,6-7H2,1-2H3,(H,40,46)(H,41,45)(H,47,48)/b23-13-/t20?,21?,29-,30?/m0/s1. The molecule has 1 aromatic heterocycles. The van der Waals surface area contributed by atoms with Crippen molar-refractivity contribution in [1.82, 2.24) is 20.3 Å². The summed E-state index contributed by atoms with van der Waals surface area (Å²) in [6, 6.07) is 8.79. The number of nitrogens with zero attached hydrogens (tertiary/aromatic N) is 3. The third-order valence-corrected chi connectivity index (χ3v) is 8.94. The second-order valence-corrected chi connectivity index (χ2v) is 11.9. The molecular weight excluding hydrogens is 653 g/mol. The maximum Gasteiger partial charge on any atom is 0.419 e. The molecular formula is C34H28F5N5O5. The highest BCUT2D eigenvalue weighted by atomic mass is 19.4. The minimum Gasteiger partial charge on any atom is -0.496 e. The topological polar surface area (TPSA) is 135 Å². The van der Waals surface area contributed by atoms with Gasteiger partial charge in [0, 0.05) is 30.3 Å². The van der Waals surface area contributed by atoms with Crippen LogP contribution in [0.25, 0.3) is 17.2 Å². The Bertz CT molecular complexity index is 2010. The highest BCUT2D eigenvalue weighted by Gasteiger charge is 2.55. The first-order valence-electron chi connectivity index (χ1n) is 15.0. The number of carboxylic acid groups (broad SMARTS) is 1. The number of aryl methyl sites for hydroxylation is 1. The fourth-order valence-electron chi connectivity index (χ4n) is 6.80. The summed E-state index contributed by atoms with van der Waals surface area (Å²) in [5.41, 5.74) is -0.581. The summed E-state index contributed by atoms with van der Waals surface area (Å²) >= 11 is 0. The zero-order valence-electron chi connectivity index (χ0n) is 25.9. The quantitative estimate of drug-likeness (QED) is 0.195. The van der Waals surface area contributed by atoms with Crippen LogP contribution in [0.4, 0.5) is 27.6 Å². The van der Waals surface area contributed by atoms with Crippen LogP contribution in [-0.2, 0) is 18.0 Å². The predicted octanol–water partition coefficient (Wildman–Crippen LogP) is 5.96. The average molecular weight is 682 g/mol. The number of aromatic carboxylic acids is 1. The zero-order chi connectivity index (χ0) is 35.2. The van der Waals surface area contributed by atoms with E-state index in [-0.39, 0.29) is 39.6 Å². The molecule has 0 saturated heterocycles. The summed E-state index contributed by atoms with van der Waals surface area (Å²) in [6.45, 7) is 0. The highest BCUT2D eigenvalue weighted by Crippen LogP contribution is 2.53. The average Bonchev–Trinajstić information content (AvgIpc) is 3.73. The first-order chi connectivity index (χ1) is 23.2. The van der Waals surface area contributed by atoms with E-state index in [1.54, 1.807) is 19.3 Å². The number of fused-ring (bicyclic) bond motifs is 2. The Hall–Kier alpha value is -5.60. The van der Waals surface area contributed by atoms with Crippen LogP contribution in [-0.4, -0.2) is 51.0 Å². The maximum absolute atomic E-state index is 14.8. The number of halogens is 5. The number of anilines is 1. The second kappa shape index (κ2) is 12.8. The molecule has 2 saturated carbocycles. The molecule has 0 spiro atoms. The van der Waals surface area contributed by atoms with E-state index in [1.165, 1.54) is 30.0 Å². The first-order valence-corrected chi connectivity index (χ1v) is 15.0. The van der Waals surface area contributed by atoms with Crippen molar-refractivity contribution in [3.63, 3.8) is 0 Å². The smallest absolute Gasteiger partial charge is 0.419 e. The van der Waals surface area contributed by atoms with Gasteiger partial charge in [0.25, 0.3) is 5.91 Å². The van der Waals surface area contributed by atoms with Gasteiger partial charge in [0.1, 0.15) is 23.1 Å². The number of alkyl halides is 3. The van der Waals surface area contributed by atoms with E-state index in [9.17, 15) is 41.4 Å². The minimum atomic E-state index is -4.99. The number of aromatic nitrogens is 3. The summed E-state index contributed by atoms with van der Waals surface area (Å²) in [5.74, 6) is -6.50. The van der Waals surface area contributed by atoms with Crippen molar-refractivity contribution in [1.29, 1.82) is 0 Å². The fourth-order valence-corrected chi connectivity index (χ4v) is 6.80.